The van der Waals surface area contributed by atoms with Crippen LogP contribution in [0.5, 0.6) is 0 Å². The van der Waals surface area contributed by atoms with Crippen LogP contribution in [0.1, 0.15) is 54.9 Å². The number of nitrogens with zero attached hydrogens (tertiary/aromatic N) is 2. The van der Waals surface area contributed by atoms with Gasteiger partial charge in [0.05, 0.1) is 5.02 Å². The Balaban J connectivity index is 1.38. The lowest BCUT2D eigenvalue weighted by Crippen LogP contribution is -2.32. The van der Waals surface area contributed by atoms with Gasteiger partial charge < -0.3 is 9.64 Å². The zero-order chi connectivity index (χ0) is 19.0. The molecule has 1 aliphatic heterocycles. The number of hydrogen-bond donors (Lipinski definition) is 0. The molecule has 2 aliphatic rings. The Morgan fingerprint density at radius 3 is 2.96 bits per heavy atom. The molecule has 3 nitrogen and oxygen atoms in total. The minimum Gasteiger partial charge on any atom is -0.361 e. The fourth-order valence-electron chi connectivity index (χ4n) is 4.57. The van der Waals surface area contributed by atoms with Gasteiger partial charge in [0, 0.05) is 25.3 Å². The number of rotatable bonds is 5. The third-order valence-corrected chi connectivity index (χ3v) is 6.26. The third kappa shape index (κ3) is 3.51. The lowest BCUT2D eigenvalue weighted by atomic mass is 9.92. The van der Waals surface area contributed by atoms with Crippen molar-refractivity contribution in [1.82, 2.24) is 4.98 Å². The van der Waals surface area contributed by atoms with Crippen LogP contribution in [0, 0.1) is 6.92 Å². The van der Waals surface area contributed by atoms with Gasteiger partial charge in [0.15, 0.2) is 0 Å². The van der Waals surface area contributed by atoms with Gasteiger partial charge in [-0.3, -0.25) is 0 Å². The maximum atomic E-state index is 6.09. The minimum atomic E-state index is 0.477. The number of benzene rings is 1. The summed E-state index contributed by atoms with van der Waals surface area (Å²) in [5.41, 5.74) is 8.45. The molecule has 142 valence electrons. The van der Waals surface area contributed by atoms with Crippen LogP contribution < -0.4 is 4.90 Å². The minimum absolute atomic E-state index is 0.477. The van der Waals surface area contributed by atoms with E-state index in [4.69, 9.17) is 16.3 Å². The average molecular weight is 383 g/mol. The van der Waals surface area contributed by atoms with E-state index in [1.54, 1.807) is 6.20 Å². The lowest BCUT2D eigenvalue weighted by Gasteiger charge is -2.30. The topological polar surface area (TPSA) is 25.4 Å². The molecule has 1 atom stereocenters. The van der Waals surface area contributed by atoms with E-state index in [2.05, 4.69) is 48.9 Å². The first kappa shape index (κ1) is 18.5. The summed E-state index contributed by atoms with van der Waals surface area (Å²) in [4.78, 5) is 6.76. The maximum absolute atomic E-state index is 6.09. The Labute approximate surface area is 167 Å². The van der Waals surface area contributed by atoms with Gasteiger partial charge in [-0.25, -0.2) is 4.98 Å². The molecule has 0 saturated heterocycles. The summed E-state index contributed by atoms with van der Waals surface area (Å²) in [6.07, 6.45) is 4.91. The van der Waals surface area contributed by atoms with Crippen LogP contribution in [-0.2, 0) is 11.2 Å². The molecule has 4 rings (SSSR count). The standard InChI is InChI=1S/C23H27ClN2O/c1-15-6-4-8-21-20(16(2)17(3)22(15)21)9-11-27-14-26-10-5-7-18-12-19(24)13-25-23(18)26/h4,6,8,12-13,20H,5,7,9-11,14H2,1-3H3. The second kappa shape index (κ2) is 7.65. The van der Waals surface area contributed by atoms with E-state index in [0.29, 0.717) is 17.7 Å². The van der Waals surface area contributed by atoms with Crippen LogP contribution >= 0.6 is 11.6 Å². The molecular weight excluding hydrogens is 356 g/mol. The monoisotopic (exact) mass is 382 g/mol. The van der Waals surface area contributed by atoms with Crippen LogP contribution in [0.3, 0.4) is 0 Å². The molecule has 4 heteroatoms. The van der Waals surface area contributed by atoms with Gasteiger partial charge in [0.2, 0.25) is 0 Å². The van der Waals surface area contributed by atoms with Crippen molar-refractivity contribution in [2.75, 3.05) is 24.8 Å². The van der Waals surface area contributed by atoms with Gasteiger partial charge in [-0.2, -0.15) is 0 Å². The summed E-state index contributed by atoms with van der Waals surface area (Å²) in [7, 11) is 0. The molecule has 1 aliphatic carbocycles. The number of fused-ring (bicyclic) bond motifs is 2. The van der Waals surface area contributed by atoms with Crippen molar-refractivity contribution >= 4 is 23.0 Å². The zero-order valence-electron chi connectivity index (χ0n) is 16.4. The summed E-state index contributed by atoms with van der Waals surface area (Å²) < 4.78 is 6.08. The normalized spacial score (nSPS) is 18.7. The molecule has 1 aromatic heterocycles. The van der Waals surface area contributed by atoms with Crippen LogP contribution in [0.2, 0.25) is 5.02 Å². The van der Waals surface area contributed by atoms with Crippen molar-refractivity contribution in [3.8, 4) is 0 Å². The van der Waals surface area contributed by atoms with E-state index in [1.807, 2.05) is 6.07 Å². The van der Waals surface area contributed by atoms with Gasteiger partial charge in [0.25, 0.3) is 0 Å². The largest absolute Gasteiger partial charge is 0.361 e. The summed E-state index contributed by atoms with van der Waals surface area (Å²) in [6.45, 7) is 9.07. The molecule has 27 heavy (non-hydrogen) atoms. The number of ether oxygens (including phenoxy) is 1. The van der Waals surface area contributed by atoms with Crippen molar-refractivity contribution in [1.29, 1.82) is 0 Å². The third-order valence-electron chi connectivity index (χ3n) is 6.05. The number of aromatic nitrogens is 1. The molecule has 0 saturated carbocycles. The van der Waals surface area contributed by atoms with Crippen LogP contribution in [0.25, 0.3) is 5.57 Å². The highest BCUT2D eigenvalue weighted by Crippen LogP contribution is 2.44. The second-order valence-corrected chi connectivity index (χ2v) is 8.17. The van der Waals surface area contributed by atoms with Gasteiger partial charge in [-0.15, -0.1) is 0 Å². The molecule has 2 heterocycles. The Bertz CT molecular complexity index is 890. The summed E-state index contributed by atoms with van der Waals surface area (Å²) in [5, 5.41) is 0.712. The van der Waals surface area contributed by atoms with E-state index >= 15 is 0 Å². The highest BCUT2D eigenvalue weighted by Gasteiger charge is 2.27. The Morgan fingerprint density at radius 1 is 1.26 bits per heavy atom. The van der Waals surface area contributed by atoms with Gasteiger partial charge >= 0.3 is 0 Å². The number of hydrogen-bond acceptors (Lipinski definition) is 3. The highest BCUT2D eigenvalue weighted by atomic mass is 35.5. The fourth-order valence-corrected chi connectivity index (χ4v) is 4.75. The van der Waals surface area contributed by atoms with Gasteiger partial charge in [-0.05, 0) is 73.9 Å². The maximum Gasteiger partial charge on any atom is 0.133 e. The molecule has 2 aromatic rings. The zero-order valence-corrected chi connectivity index (χ0v) is 17.1. The first-order valence-corrected chi connectivity index (χ1v) is 10.2. The smallest absolute Gasteiger partial charge is 0.133 e. The Kier molecular flexibility index (Phi) is 5.25. The molecule has 0 radical (unpaired) electrons. The first-order valence-electron chi connectivity index (χ1n) is 9.80. The van der Waals surface area contributed by atoms with E-state index in [1.165, 1.54) is 33.4 Å². The molecule has 0 amide bonds. The van der Waals surface area contributed by atoms with E-state index in [9.17, 15) is 0 Å². The number of halogens is 1. The number of allylic oxidation sites excluding steroid dienone is 2. The molecule has 0 bridgehead atoms. The van der Waals surface area contributed by atoms with Crippen molar-refractivity contribution < 1.29 is 4.74 Å². The molecule has 1 aromatic carbocycles. The predicted octanol–water partition coefficient (Wildman–Crippen LogP) is 5.75. The van der Waals surface area contributed by atoms with E-state index in [0.717, 1.165) is 38.2 Å². The van der Waals surface area contributed by atoms with Crippen molar-refractivity contribution in [3.05, 3.63) is 63.3 Å². The fraction of sp³-hybridized carbons (Fsp3) is 0.435. The summed E-state index contributed by atoms with van der Waals surface area (Å²) >= 11 is 6.09. The SMILES string of the molecule is CC1=C(C)C(CCOCN2CCCc3cc(Cl)cnc32)c2cccc(C)c21. The quantitative estimate of drug-likeness (QED) is 0.615. The molecule has 0 N–H and O–H groups in total. The van der Waals surface area contributed by atoms with Crippen LogP contribution in [0.4, 0.5) is 5.82 Å². The molecular formula is C23H27ClN2O. The van der Waals surface area contributed by atoms with E-state index < -0.39 is 0 Å². The first-order chi connectivity index (χ1) is 13.1. The predicted molar refractivity (Wildman–Crippen MR) is 113 cm³/mol. The highest BCUT2D eigenvalue weighted by molar-refractivity contribution is 6.30. The number of anilines is 1. The van der Waals surface area contributed by atoms with Crippen molar-refractivity contribution in [2.24, 2.45) is 0 Å². The Morgan fingerprint density at radius 2 is 2.11 bits per heavy atom. The van der Waals surface area contributed by atoms with E-state index in [-0.39, 0.29) is 0 Å². The lowest BCUT2D eigenvalue weighted by molar-refractivity contribution is 0.127. The second-order valence-electron chi connectivity index (χ2n) is 7.73. The van der Waals surface area contributed by atoms with Crippen LogP contribution in [0.15, 0.2) is 36.0 Å². The van der Waals surface area contributed by atoms with Gasteiger partial charge in [-0.1, -0.05) is 35.4 Å². The Hall–Kier alpha value is -1.84. The van der Waals surface area contributed by atoms with Crippen molar-refractivity contribution in [3.63, 3.8) is 0 Å². The number of aryl methyl sites for hydroxylation is 2. The molecule has 0 fully saturated rings. The molecule has 1 unspecified atom stereocenters. The molecule has 0 spiro atoms. The van der Waals surface area contributed by atoms with Crippen LogP contribution in [-0.4, -0.2) is 24.9 Å². The van der Waals surface area contributed by atoms with Crippen molar-refractivity contribution in [2.45, 2.75) is 46.0 Å². The summed E-state index contributed by atoms with van der Waals surface area (Å²) in [6, 6.07) is 8.70. The summed E-state index contributed by atoms with van der Waals surface area (Å²) in [5.74, 6) is 1.50. The average Bonchev–Trinajstić information content (AvgIpc) is 2.90. The number of pyridine rings is 1. The van der Waals surface area contributed by atoms with Gasteiger partial charge in [0.1, 0.15) is 12.5 Å².